The molecule has 0 atom stereocenters. The lowest BCUT2D eigenvalue weighted by molar-refractivity contribution is -0.126. The van der Waals surface area contributed by atoms with E-state index < -0.39 is 0 Å². The topological polar surface area (TPSA) is 63.7 Å². The highest BCUT2D eigenvalue weighted by Crippen LogP contribution is 2.35. The number of amides is 1. The number of ether oxygens (including phenoxy) is 2. The highest BCUT2D eigenvalue weighted by Gasteiger charge is 2.25. The molecule has 1 N–H and O–H groups in total. The lowest BCUT2D eigenvalue weighted by Crippen LogP contribution is -2.40. The molecule has 4 rings (SSSR count). The first-order valence-electron chi connectivity index (χ1n) is 11.4. The van der Waals surface area contributed by atoms with Gasteiger partial charge in [-0.2, -0.15) is 0 Å². The van der Waals surface area contributed by atoms with Gasteiger partial charge in [-0.25, -0.2) is 9.37 Å². The van der Waals surface area contributed by atoms with Gasteiger partial charge in [0.05, 0.1) is 25.5 Å². The zero-order valence-electron chi connectivity index (χ0n) is 19.8. The first kappa shape index (κ1) is 24.2. The van der Waals surface area contributed by atoms with E-state index >= 15 is 0 Å². The number of hydrogen-bond acceptors (Lipinski definition) is 6. The number of rotatable bonds is 8. The van der Waals surface area contributed by atoms with Crippen molar-refractivity contribution in [3.63, 3.8) is 0 Å². The molecule has 6 nitrogen and oxygen atoms in total. The largest absolute Gasteiger partial charge is 0.497 e. The molecule has 1 fully saturated rings. The molecule has 2 aromatic carbocycles. The highest BCUT2D eigenvalue weighted by atomic mass is 32.1. The number of nitrogens with one attached hydrogen (secondary N) is 1. The van der Waals surface area contributed by atoms with Gasteiger partial charge in [-0.05, 0) is 62.2 Å². The smallest absolute Gasteiger partial charge is 0.223 e. The number of nitrogens with zero attached hydrogens (tertiary/aromatic N) is 2. The van der Waals surface area contributed by atoms with Gasteiger partial charge in [-0.3, -0.25) is 9.69 Å². The zero-order valence-corrected chi connectivity index (χ0v) is 20.6. The van der Waals surface area contributed by atoms with Gasteiger partial charge >= 0.3 is 0 Å². The minimum absolute atomic E-state index is 0.0129. The van der Waals surface area contributed by atoms with Crippen molar-refractivity contribution < 1.29 is 18.7 Å². The van der Waals surface area contributed by atoms with Crippen LogP contribution in [0.5, 0.6) is 11.5 Å². The molecule has 1 aliphatic heterocycles. The number of piperidine rings is 1. The second-order valence-electron chi connectivity index (χ2n) is 8.56. The predicted octanol–water partition coefficient (Wildman–Crippen LogP) is 4.80. The van der Waals surface area contributed by atoms with Crippen LogP contribution in [-0.4, -0.2) is 43.1 Å². The van der Waals surface area contributed by atoms with E-state index in [-0.39, 0.29) is 17.6 Å². The van der Waals surface area contributed by atoms with Crippen molar-refractivity contribution in [3.05, 3.63) is 64.4 Å². The Bertz CT molecular complexity index is 1140. The summed E-state index contributed by atoms with van der Waals surface area (Å²) in [7, 11) is 3.28. The Morgan fingerprint density at radius 2 is 1.97 bits per heavy atom. The molecular weight excluding hydrogens is 453 g/mol. The Morgan fingerprint density at radius 3 is 2.68 bits per heavy atom. The van der Waals surface area contributed by atoms with E-state index in [4.69, 9.17) is 14.5 Å². The Hall–Kier alpha value is -2.97. The number of halogens is 1. The van der Waals surface area contributed by atoms with Gasteiger partial charge in [-0.15, -0.1) is 11.3 Å². The van der Waals surface area contributed by atoms with Crippen molar-refractivity contribution in [2.45, 2.75) is 32.9 Å². The lowest BCUT2D eigenvalue weighted by Gasteiger charge is -2.30. The van der Waals surface area contributed by atoms with Crippen molar-refractivity contribution in [1.29, 1.82) is 0 Å². The van der Waals surface area contributed by atoms with Crippen LogP contribution < -0.4 is 14.8 Å². The Morgan fingerprint density at radius 1 is 1.18 bits per heavy atom. The van der Waals surface area contributed by atoms with Crippen LogP contribution >= 0.6 is 11.3 Å². The number of methoxy groups -OCH3 is 2. The van der Waals surface area contributed by atoms with E-state index in [1.165, 1.54) is 6.07 Å². The average Bonchev–Trinajstić information content (AvgIpc) is 3.32. The summed E-state index contributed by atoms with van der Waals surface area (Å²) in [6, 6.07) is 10.8. The lowest BCUT2D eigenvalue weighted by atomic mass is 9.95. The first-order valence-corrected chi connectivity index (χ1v) is 12.3. The fraction of sp³-hybridized carbons (Fsp3) is 0.385. The minimum Gasteiger partial charge on any atom is -0.497 e. The summed E-state index contributed by atoms with van der Waals surface area (Å²) in [5, 5.41) is 5.96. The van der Waals surface area contributed by atoms with Crippen LogP contribution in [0.2, 0.25) is 0 Å². The van der Waals surface area contributed by atoms with Crippen LogP contribution in [0.4, 0.5) is 4.39 Å². The molecule has 1 amide bonds. The maximum absolute atomic E-state index is 13.7. The summed E-state index contributed by atoms with van der Waals surface area (Å²) < 4.78 is 24.5. The van der Waals surface area contributed by atoms with Crippen molar-refractivity contribution in [1.82, 2.24) is 15.2 Å². The van der Waals surface area contributed by atoms with E-state index in [1.54, 1.807) is 38.5 Å². The Kier molecular flexibility index (Phi) is 7.80. The molecule has 0 radical (unpaired) electrons. The van der Waals surface area contributed by atoms with Crippen molar-refractivity contribution in [2.75, 3.05) is 27.3 Å². The molecule has 2 heterocycles. The average molecular weight is 484 g/mol. The number of carbonyl (C=O) groups excluding carboxylic acids is 1. The number of thiazole rings is 1. The van der Waals surface area contributed by atoms with E-state index in [9.17, 15) is 9.18 Å². The summed E-state index contributed by atoms with van der Waals surface area (Å²) >= 11 is 1.60. The van der Waals surface area contributed by atoms with Crippen LogP contribution in [0.3, 0.4) is 0 Å². The third kappa shape index (κ3) is 5.74. The van der Waals surface area contributed by atoms with Crippen molar-refractivity contribution in [2.24, 2.45) is 5.92 Å². The number of hydrogen-bond donors (Lipinski definition) is 1. The molecule has 8 heteroatoms. The summed E-state index contributed by atoms with van der Waals surface area (Å²) in [5.74, 6) is 1.27. The fourth-order valence-electron chi connectivity index (χ4n) is 4.14. The van der Waals surface area contributed by atoms with Crippen molar-refractivity contribution in [3.8, 4) is 22.1 Å². The van der Waals surface area contributed by atoms with Gasteiger partial charge in [0, 0.05) is 30.5 Å². The molecule has 1 aromatic heterocycles. The Balaban J connectivity index is 1.28. The molecule has 0 aliphatic carbocycles. The SMILES string of the molecule is COc1ccc(-c2nc(CN3CCC(C(=O)NCc4ccc(C)c(F)c4)CC3)cs2)c(OC)c1. The third-order valence-electron chi connectivity index (χ3n) is 6.24. The minimum atomic E-state index is -0.240. The third-order valence-corrected chi connectivity index (χ3v) is 7.16. The molecule has 34 heavy (non-hydrogen) atoms. The maximum atomic E-state index is 13.7. The summed E-state index contributed by atoms with van der Waals surface area (Å²) in [6.45, 7) is 4.53. The summed E-state index contributed by atoms with van der Waals surface area (Å²) in [4.78, 5) is 19.8. The van der Waals surface area contributed by atoms with Gasteiger partial charge in [0.2, 0.25) is 5.91 Å². The van der Waals surface area contributed by atoms with Crippen LogP contribution in [0, 0.1) is 18.7 Å². The maximum Gasteiger partial charge on any atom is 0.223 e. The Labute approximate surface area is 203 Å². The van der Waals surface area contributed by atoms with E-state index in [1.807, 2.05) is 24.3 Å². The first-order chi connectivity index (χ1) is 16.5. The molecule has 180 valence electrons. The molecular formula is C26H30FN3O3S. The highest BCUT2D eigenvalue weighted by molar-refractivity contribution is 7.13. The van der Waals surface area contributed by atoms with E-state index in [0.29, 0.717) is 12.1 Å². The summed E-state index contributed by atoms with van der Waals surface area (Å²) in [5.41, 5.74) is 3.35. The molecule has 1 saturated heterocycles. The number of benzene rings is 2. The molecule has 1 aliphatic rings. The van der Waals surface area contributed by atoms with Gasteiger partial charge in [0.25, 0.3) is 0 Å². The van der Waals surface area contributed by atoms with Crippen LogP contribution in [0.15, 0.2) is 41.8 Å². The van der Waals surface area contributed by atoms with Gasteiger partial charge < -0.3 is 14.8 Å². The number of likely N-dealkylation sites (tertiary alicyclic amines) is 1. The standard InChI is InChI=1S/C26H30FN3O3S/c1-17-4-5-18(12-23(17)27)14-28-25(31)19-8-10-30(11-9-19)15-20-16-34-26(29-20)22-7-6-21(32-2)13-24(22)33-3/h4-7,12-13,16,19H,8-11,14-15H2,1-3H3,(H,28,31). The number of carbonyl (C=O) groups is 1. The van der Waals surface area contributed by atoms with E-state index in [0.717, 1.165) is 65.8 Å². The van der Waals surface area contributed by atoms with Crippen LogP contribution in [0.25, 0.3) is 10.6 Å². The van der Waals surface area contributed by atoms with Gasteiger partial charge in [0.15, 0.2) is 0 Å². The normalized spacial score (nSPS) is 14.7. The second-order valence-corrected chi connectivity index (χ2v) is 9.42. The molecule has 0 saturated carbocycles. The molecule has 0 spiro atoms. The fourth-order valence-corrected chi connectivity index (χ4v) is 4.98. The van der Waals surface area contributed by atoms with Gasteiger partial charge in [-0.1, -0.05) is 12.1 Å². The summed E-state index contributed by atoms with van der Waals surface area (Å²) in [6.07, 6.45) is 1.61. The van der Waals surface area contributed by atoms with Gasteiger partial charge in [0.1, 0.15) is 22.3 Å². The zero-order chi connectivity index (χ0) is 24.1. The predicted molar refractivity (Wildman–Crippen MR) is 132 cm³/mol. The second kappa shape index (κ2) is 11.0. The monoisotopic (exact) mass is 483 g/mol. The van der Waals surface area contributed by atoms with Crippen molar-refractivity contribution >= 4 is 17.2 Å². The van der Waals surface area contributed by atoms with Crippen LogP contribution in [0.1, 0.15) is 29.7 Å². The van der Waals surface area contributed by atoms with Crippen LogP contribution in [-0.2, 0) is 17.9 Å². The number of aryl methyl sites for hydroxylation is 1. The van der Waals surface area contributed by atoms with E-state index in [2.05, 4.69) is 15.6 Å². The molecule has 3 aromatic rings. The molecule has 0 unspecified atom stereocenters. The quantitative estimate of drug-likeness (QED) is 0.499. The molecule has 0 bridgehead atoms. The number of aromatic nitrogens is 1.